The maximum absolute atomic E-state index is 11.0. The van der Waals surface area contributed by atoms with Crippen molar-refractivity contribution in [3.8, 4) is 10.6 Å². The van der Waals surface area contributed by atoms with Crippen LogP contribution in [0.3, 0.4) is 0 Å². The number of thiophene rings is 1. The predicted molar refractivity (Wildman–Crippen MR) is 78.2 cm³/mol. The summed E-state index contributed by atoms with van der Waals surface area (Å²) >= 11 is 7.58. The summed E-state index contributed by atoms with van der Waals surface area (Å²) in [5.74, 6) is -0.919. The number of carbonyl (C=O) groups is 1. The van der Waals surface area contributed by atoms with Crippen LogP contribution in [0.4, 0.5) is 0 Å². The maximum atomic E-state index is 11.0. The number of aromatic carboxylic acids is 1. The first-order valence-electron chi connectivity index (χ1n) is 5.65. The van der Waals surface area contributed by atoms with Crippen LogP contribution in [0.5, 0.6) is 0 Å². The highest BCUT2D eigenvalue weighted by atomic mass is 35.5. The lowest BCUT2D eigenvalue weighted by atomic mass is 10.2. The molecule has 0 fully saturated rings. The van der Waals surface area contributed by atoms with Gasteiger partial charge in [0.1, 0.15) is 5.69 Å². The molecule has 0 amide bonds. The molecule has 0 unspecified atom stereocenters. The van der Waals surface area contributed by atoms with Crippen molar-refractivity contribution in [2.45, 2.75) is 0 Å². The molecule has 2 heterocycles. The fraction of sp³-hybridized carbons (Fsp3) is 0.0714. The molecule has 0 saturated carbocycles. The molecule has 1 N–H and O–H groups in total. The molecular weight excluding hydrogens is 282 g/mol. The number of benzene rings is 1. The van der Waals surface area contributed by atoms with Gasteiger partial charge in [-0.1, -0.05) is 17.7 Å². The van der Waals surface area contributed by atoms with Crippen molar-refractivity contribution < 1.29 is 9.90 Å². The second kappa shape index (κ2) is 4.40. The van der Waals surface area contributed by atoms with Crippen molar-refractivity contribution in [1.29, 1.82) is 0 Å². The Bertz CT molecular complexity index is 788. The lowest BCUT2D eigenvalue weighted by Crippen LogP contribution is -2.04. The molecule has 0 aliphatic carbocycles. The molecule has 3 nitrogen and oxygen atoms in total. The van der Waals surface area contributed by atoms with E-state index in [-0.39, 0.29) is 5.69 Å². The topological polar surface area (TPSA) is 42.2 Å². The van der Waals surface area contributed by atoms with Crippen LogP contribution in [0.25, 0.3) is 20.7 Å². The molecule has 19 heavy (non-hydrogen) atoms. The average Bonchev–Trinajstić information content (AvgIpc) is 2.91. The molecule has 5 heteroatoms. The summed E-state index contributed by atoms with van der Waals surface area (Å²) in [5.41, 5.74) is 1.18. The number of carboxylic acids is 1. The molecule has 0 aliphatic heterocycles. The fourth-order valence-corrected chi connectivity index (χ4v) is 3.50. The molecule has 0 radical (unpaired) electrons. The van der Waals surface area contributed by atoms with Crippen LogP contribution in [0, 0.1) is 0 Å². The summed E-state index contributed by atoms with van der Waals surface area (Å²) in [6, 6.07) is 11.3. The van der Waals surface area contributed by atoms with Crippen molar-refractivity contribution >= 4 is 39.0 Å². The van der Waals surface area contributed by atoms with Gasteiger partial charge < -0.3 is 9.67 Å². The van der Waals surface area contributed by atoms with E-state index in [1.807, 2.05) is 24.3 Å². The van der Waals surface area contributed by atoms with Gasteiger partial charge in [0.25, 0.3) is 0 Å². The second-order valence-electron chi connectivity index (χ2n) is 4.26. The number of carboxylic acid groups (broad SMARTS) is 1. The minimum absolute atomic E-state index is 0.283. The van der Waals surface area contributed by atoms with E-state index in [9.17, 15) is 4.79 Å². The first kappa shape index (κ1) is 12.3. The van der Waals surface area contributed by atoms with Crippen LogP contribution in [0.2, 0.25) is 5.02 Å². The largest absolute Gasteiger partial charge is 0.477 e. The van der Waals surface area contributed by atoms with Crippen LogP contribution < -0.4 is 0 Å². The monoisotopic (exact) mass is 291 g/mol. The molecule has 0 aliphatic rings. The molecule has 3 rings (SSSR count). The van der Waals surface area contributed by atoms with E-state index >= 15 is 0 Å². The first-order chi connectivity index (χ1) is 9.06. The van der Waals surface area contributed by atoms with Gasteiger partial charge >= 0.3 is 5.97 Å². The van der Waals surface area contributed by atoms with Gasteiger partial charge in [-0.2, -0.15) is 0 Å². The Morgan fingerprint density at radius 3 is 2.74 bits per heavy atom. The summed E-state index contributed by atoms with van der Waals surface area (Å²) < 4.78 is 2.79. The Morgan fingerprint density at radius 2 is 2.05 bits per heavy atom. The summed E-state index contributed by atoms with van der Waals surface area (Å²) in [6.45, 7) is 0. The molecule has 0 spiro atoms. The normalized spacial score (nSPS) is 11.1. The minimum atomic E-state index is -0.919. The SMILES string of the molecule is Cn1c(C(=O)O)ccc1-c1cc2ccc(Cl)cc2s1. The van der Waals surface area contributed by atoms with Crippen LogP contribution in [0.15, 0.2) is 36.4 Å². The molecule has 0 bridgehead atoms. The van der Waals surface area contributed by atoms with Gasteiger partial charge in [0.05, 0.1) is 10.6 Å². The second-order valence-corrected chi connectivity index (χ2v) is 5.78. The van der Waals surface area contributed by atoms with Crippen LogP contribution in [-0.4, -0.2) is 15.6 Å². The zero-order valence-electron chi connectivity index (χ0n) is 10.1. The van der Waals surface area contributed by atoms with Crippen LogP contribution >= 0.6 is 22.9 Å². The van der Waals surface area contributed by atoms with E-state index in [0.717, 1.165) is 20.7 Å². The third kappa shape index (κ3) is 2.03. The molecule has 96 valence electrons. The zero-order valence-corrected chi connectivity index (χ0v) is 11.6. The number of halogens is 1. The van der Waals surface area contributed by atoms with Gasteiger partial charge in [-0.3, -0.25) is 0 Å². The Hall–Kier alpha value is -1.78. The van der Waals surface area contributed by atoms with E-state index in [0.29, 0.717) is 5.02 Å². The molecule has 1 aromatic carbocycles. The van der Waals surface area contributed by atoms with E-state index in [4.69, 9.17) is 16.7 Å². The van der Waals surface area contributed by atoms with Crippen LogP contribution in [0.1, 0.15) is 10.5 Å². The number of rotatable bonds is 2. The summed E-state index contributed by atoms with van der Waals surface area (Å²) in [6.07, 6.45) is 0. The smallest absolute Gasteiger partial charge is 0.352 e. The molecule has 2 aromatic heterocycles. The number of hydrogen-bond donors (Lipinski definition) is 1. The number of hydrogen-bond acceptors (Lipinski definition) is 2. The summed E-state index contributed by atoms with van der Waals surface area (Å²) in [7, 11) is 1.76. The highest BCUT2D eigenvalue weighted by Crippen LogP contribution is 2.35. The highest BCUT2D eigenvalue weighted by Gasteiger charge is 2.14. The highest BCUT2D eigenvalue weighted by molar-refractivity contribution is 7.22. The Labute approximate surface area is 118 Å². The minimum Gasteiger partial charge on any atom is -0.477 e. The van der Waals surface area contributed by atoms with E-state index < -0.39 is 5.97 Å². The Kier molecular flexibility index (Phi) is 2.84. The van der Waals surface area contributed by atoms with Crippen molar-refractivity contribution in [1.82, 2.24) is 4.57 Å². The third-order valence-corrected chi connectivity index (χ3v) is 4.43. The quantitative estimate of drug-likeness (QED) is 0.766. The lowest BCUT2D eigenvalue weighted by Gasteiger charge is -2.02. The lowest BCUT2D eigenvalue weighted by molar-refractivity contribution is 0.0687. The average molecular weight is 292 g/mol. The van der Waals surface area contributed by atoms with Crippen molar-refractivity contribution in [2.75, 3.05) is 0 Å². The van der Waals surface area contributed by atoms with Gasteiger partial charge in [0, 0.05) is 16.8 Å². The Balaban J connectivity index is 2.16. The number of nitrogens with zero attached hydrogens (tertiary/aromatic N) is 1. The number of fused-ring (bicyclic) bond motifs is 1. The summed E-state index contributed by atoms with van der Waals surface area (Å²) in [5, 5.41) is 10.9. The Morgan fingerprint density at radius 1 is 1.26 bits per heavy atom. The molecular formula is C14H10ClNO2S. The van der Waals surface area contributed by atoms with Crippen molar-refractivity contribution in [3.63, 3.8) is 0 Å². The van der Waals surface area contributed by atoms with E-state index in [1.54, 1.807) is 29.0 Å². The van der Waals surface area contributed by atoms with Crippen molar-refractivity contribution in [2.24, 2.45) is 7.05 Å². The fourth-order valence-electron chi connectivity index (χ4n) is 2.10. The zero-order chi connectivity index (χ0) is 13.6. The van der Waals surface area contributed by atoms with Gasteiger partial charge in [0.15, 0.2) is 0 Å². The molecule has 0 saturated heterocycles. The predicted octanol–water partition coefficient (Wildman–Crippen LogP) is 4.26. The molecule has 3 aromatic rings. The van der Waals surface area contributed by atoms with Gasteiger partial charge in [-0.25, -0.2) is 4.79 Å². The first-order valence-corrected chi connectivity index (χ1v) is 6.84. The van der Waals surface area contributed by atoms with E-state index in [2.05, 4.69) is 6.07 Å². The van der Waals surface area contributed by atoms with Gasteiger partial charge in [-0.15, -0.1) is 11.3 Å². The summed E-state index contributed by atoms with van der Waals surface area (Å²) in [4.78, 5) is 12.1. The van der Waals surface area contributed by atoms with Crippen LogP contribution in [-0.2, 0) is 7.05 Å². The third-order valence-electron chi connectivity index (χ3n) is 3.08. The van der Waals surface area contributed by atoms with Gasteiger partial charge in [0.2, 0.25) is 0 Å². The number of aromatic nitrogens is 1. The standard InChI is InChI=1S/C14H10ClNO2S/c1-16-10(4-5-11(16)14(17)18)13-6-8-2-3-9(15)7-12(8)19-13/h2-7H,1H3,(H,17,18). The van der Waals surface area contributed by atoms with Gasteiger partial charge in [-0.05, 0) is 35.7 Å². The molecule has 0 atom stereocenters. The van der Waals surface area contributed by atoms with E-state index in [1.165, 1.54) is 0 Å². The van der Waals surface area contributed by atoms with Crippen molar-refractivity contribution in [3.05, 3.63) is 47.1 Å². The maximum Gasteiger partial charge on any atom is 0.352 e.